The van der Waals surface area contributed by atoms with Crippen molar-refractivity contribution >= 4 is 50.8 Å². The molecule has 248 valence electrons. The number of aryl methyl sites for hydroxylation is 1. The molecular weight excluding hydrogens is 613 g/mol. The Hall–Kier alpha value is -6.40. The molecular formula is C44H42N6. The fourth-order valence-corrected chi connectivity index (χ4v) is 6.92. The van der Waals surface area contributed by atoms with Crippen LogP contribution in [-0.2, 0) is 0 Å². The monoisotopic (exact) mass is 654 g/mol. The Morgan fingerprint density at radius 1 is 0.680 bits per heavy atom. The Labute approximate surface area is 293 Å². The second-order valence-electron chi connectivity index (χ2n) is 12.3. The first kappa shape index (κ1) is 32.2. The number of nitrogens with zero attached hydrogens (tertiary/aromatic N) is 2. The molecule has 0 radical (unpaired) electrons. The molecule has 0 bridgehead atoms. The minimum atomic E-state index is 0.841. The van der Waals surface area contributed by atoms with Gasteiger partial charge in [0.15, 0.2) is 0 Å². The van der Waals surface area contributed by atoms with Gasteiger partial charge in [0.25, 0.3) is 0 Å². The van der Waals surface area contributed by atoms with E-state index < -0.39 is 0 Å². The fourth-order valence-electron chi connectivity index (χ4n) is 6.92. The van der Waals surface area contributed by atoms with E-state index >= 15 is 0 Å². The number of aromatic nitrogens is 2. The van der Waals surface area contributed by atoms with Gasteiger partial charge in [0.1, 0.15) is 0 Å². The Kier molecular flexibility index (Phi) is 9.25. The molecule has 7 N–H and O–H groups in total. The third-order valence-corrected chi connectivity index (χ3v) is 9.38. The van der Waals surface area contributed by atoms with E-state index in [1.807, 2.05) is 6.08 Å². The normalized spacial score (nSPS) is 13.7. The second-order valence-corrected chi connectivity index (χ2v) is 12.3. The lowest BCUT2D eigenvalue weighted by molar-refractivity contribution is 1.05. The van der Waals surface area contributed by atoms with Gasteiger partial charge in [-0.2, -0.15) is 0 Å². The van der Waals surface area contributed by atoms with Crippen molar-refractivity contribution in [2.75, 3.05) is 11.9 Å². The Balaban J connectivity index is 0.997. The molecule has 0 saturated heterocycles. The van der Waals surface area contributed by atoms with Crippen molar-refractivity contribution in [2.45, 2.75) is 19.8 Å². The number of anilines is 1. The smallest absolute Gasteiger partial charge is 0.0698 e. The summed E-state index contributed by atoms with van der Waals surface area (Å²) in [6, 6.07) is 34.0. The number of nitrogens with two attached hydrogens (primary N) is 3. The summed E-state index contributed by atoms with van der Waals surface area (Å²) in [5, 5.41) is 5.99. The summed E-state index contributed by atoms with van der Waals surface area (Å²) < 4.78 is 4.56. The summed E-state index contributed by atoms with van der Waals surface area (Å²) in [5.41, 5.74) is 31.2. The highest BCUT2D eigenvalue weighted by Gasteiger charge is 2.18. The van der Waals surface area contributed by atoms with Crippen LogP contribution in [-0.4, -0.2) is 15.7 Å². The molecule has 0 spiro atoms. The van der Waals surface area contributed by atoms with Gasteiger partial charge >= 0.3 is 0 Å². The van der Waals surface area contributed by atoms with Crippen LogP contribution in [0.2, 0.25) is 0 Å². The van der Waals surface area contributed by atoms with E-state index in [2.05, 4.69) is 155 Å². The summed E-state index contributed by atoms with van der Waals surface area (Å²) in [6.45, 7) is 2.98. The highest BCUT2D eigenvalue weighted by molar-refractivity contribution is 6.00. The average Bonchev–Trinajstić information content (AvgIpc) is 3.65. The van der Waals surface area contributed by atoms with Crippen LogP contribution in [0.5, 0.6) is 0 Å². The molecule has 7 rings (SSSR count). The molecule has 0 saturated carbocycles. The predicted molar refractivity (Wildman–Crippen MR) is 214 cm³/mol. The molecule has 3 heterocycles. The molecule has 2 aromatic heterocycles. The lowest BCUT2D eigenvalue weighted by Gasteiger charge is -2.13. The van der Waals surface area contributed by atoms with Crippen LogP contribution in [0, 0.1) is 6.92 Å². The Morgan fingerprint density at radius 2 is 1.22 bits per heavy atom. The number of fused-ring (bicyclic) bond motifs is 4. The van der Waals surface area contributed by atoms with Gasteiger partial charge in [-0.1, -0.05) is 91.0 Å². The standard InChI is InChI=1S/C44H42N6/c1-31-38-13-6-8-15-41(38)49(40(31)26-27-45)36-22-18-32(19-23-36)34(29-46)11-4-2-3-5-12-35(30-47)33-20-24-37(25-21-33)50-42-16-9-7-14-39(42)44-43(50)17-10-28-48-44/h4-27,29-30,48H,2-3,28,45-47H2,1H3/b11-4-,12-5-,27-26-,34-29+,35-30+. The Morgan fingerprint density at radius 3 is 1.80 bits per heavy atom. The van der Waals surface area contributed by atoms with Crippen molar-refractivity contribution in [2.24, 2.45) is 17.2 Å². The quantitative estimate of drug-likeness (QED) is 0.0873. The van der Waals surface area contributed by atoms with Gasteiger partial charge in [0.05, 0.1) is 28.1 Å². The number of benzene rings is 4. The van der Waals surface area contributed by atoms with Gasteiger partial charge in [-0.3, -0.25) is 0 Å². The maximum Gasteiger partial charge on any atom is 0.0698 e. The van der Waals surface area contributed by atoms with E-state index in [-0.39, 0.29) is 0 Å². The van der Waals surface area contributed by atoms with Crippen LogP contribution >= 0.6 is 0 Å². The number of unbranched alkanes of at least 4 members (excludes halogenated alkanes) is 1. The van der Waals surface area contributed by atoms with Gasteiger partial charge in [0.2, 0.25) is 0 Å². The molecule has 1 aliphatic rings. The molecule has 1 aliphatic heterocycles. The molecule has 0 aliphatic carbocycles. The number of hydrogen-bond donors (Lipinski definition) is 4. The fraction of sp³-hybridized carbons (Fsp3) is 0.0909. The van der Waals surface area contributed by atoms with Crippen LogP contribution in [0.15, 0.2) is 146 Å². The van der Waals surface area contributed by atoms with E-state index in [1.54, 1.807) is 18.6 Å². The minimum Gasteiger partial charge on any atom is -0.405 e. The van der Waals surface area contributed by atoms with Crippen LogP contribution < -0.4 is 22.5 Å². The predicted octanol–water partition coefficient (Wildman–Crippen LogP) is 9.44. The average molecular weight is 655 g/mol. The van der Waals surface area contributed by atoms with Crippen molar-refractivity contribution in [1.82, 2.24) is 9.13 Å². The van der Waals surface area contributed by atoms with E-state index in [9.17, 15) is 0 Å². The first-order valence-corrected chi connectivity index (χ1v) is 17.0. The number of para-hydroxylation sites is 2. The van der Waals surface area contributed by atoms with Crippen molar-refractivity contribution < 1.29 is 0 Å². The van der Waals surface area contributed by atoms with Crippen LogP contribution in [0.25, 0.3) is 56.5 Å². The Bertz CT molecular complexity index is 2260. The van der Waals surface area contributed by atoms with Crippen LogP contribution in [0.4, 0.5) is 5.69 Å². The first-order chi connectivity index (χ1) is 24.6. The molecule has 50 heavy (non-hydrogen) atoms. The number of allylic oxidation sites excluding steroid dienone is 6. The molecule has 6 aromatic rings. The second kappa shape index (κ2) is 14.4. The molecule has 6 nitrogen and oxygen atoms in total. The van der Waals surface area contributed by atoms with Gasteiger partial charge in [-0.05, 0) is 102 Å². The molecule has 0 fully saturated rings. The zero-order chi connectivity index (χ0) is 34.5. The highest BCUT2D eigenvalue weighted by Crippen LogP contribution is 2.36. The van der Waals surface area contributed by atoms with Gasteiger partial charge in [0, 0.05) is 41.1 Å². The van der Waals surface area contributed by atoms with Crippen molar-refractivity contribution in [3.05, 3.63) is 174 Å². The third kappa shape index (κ3) is 6.03. The summed E-state index contributed by atoms with van der Waals surface area (Å²) in [4.78, 5) is 0. The van der Waals surface area contributed by atoms with E-state index in [4.69, 9.17) is 17.2 Å². The van der Waals surface area contributed by atoms with Crippen molar-refractivity contribution in [3.8, 4) is 11.4 Å². The van der Waals surface area contributed by atoms with Crippen molar-refractivity contribution in [1.29, 1.82) is 0 Å². The van der Waals surface area contributed by atoms with Gasteiger partial charge in [-0.15, -0.1) is 0 Å². The number of nitrogens with one attached hydrogen (secondary N) is 1. The lowest BCUT2D eigenvalue weighted by Crippen LogP contribution is -2.05. The summed E-state index contributed by atoms with van der Waals surface area (Å²) in [6.07, 6.45) is 21.5. The molecule has 0 atom stereocenters. The van der Waals surface area contributed by atoms with Crippen LogP contribution in [0.1, 0.15) is 40.9 Å². The lowest BCUT2D eigenvalue weighted by atomic mass is 10.0. The maximum atomic E-state index is 6.08. The number of rotatable bonds is 10. The minimum absolute atomic E-state index is 0.841. The van der Waals surface area contributed by atoms with Crippen molar-refractivity contribution in [3.63, 3.8) is 0 Å². The van der Waals surface area contributed by atoms with E-state index in [0.717, 1.165) is 64.2 Å². The number of hydrogen-bond acceptors (Lipinski definition) is 4. The zero-order valence-electron chi connectivity index (χ0n) is 28.3. The van der Waals surface area contributed by atoms with E-state index in [1.165, 1.54) is 33.2 Å². The molecule has 6 heteroatoms. The topological polar surface area (TPSA) is 99.9 Å². The molecule has 4 aromatic carbocycles. The summed E-state index contributed by atoms with van der Waals surface area (Å²) in [7, 11) is 0. The zero-order valence-corrected chi connectivity index (χ0v) is 28.3. The van der Waals surface area contributed by atoms with E-state index in [0.29, 0.717) is 0 Å². The van der Waals surface area contributed by atoms with Crippen LogP contribution in [0.3, 0.4) is 0 Å². The van der Waals surface area contributed by atoms with Gasteiger partial charge in [-0.25, -0.2) is 0 Å². The largest absolute Gasteiger partial charge is 0.405 e. The molecule has 0 unspecified atom stereocenters. The third-order valence-electron chi connectivity index (χ3n) is 9.38. The summed E-state index contributed by atoms with van der Waals surface area (Å²) in [5.74, 6) is 0. The highest BCUT2D eigenvalue weighted by atomic mass is 15.0. The SMILES string of the molecule is Cc1c(/C=C\N)n(-c2ccc(C(/C=C\CC/C=C\C(=C/N)c3ccc(-n4c5c(c6ccccc64)NCC=C5)cc3)=C/N)cc2)c2ccccc12. The van der Waals surface area contributed by atoms with Gasteiger partial charge < -0.3 is 31.7 Å². The molecule has 0 amide bonds. The first-order valence-electron chi connectivity index (χ1n) is 17.0. The summed E-state index contributed by atoms with van der Waals surface area (Å²) >= 11 is 0. The maximum absolute atomic E-state index is 6.08.